The van der Waals surface area contributed by atoms with Crippen LogP contribution in [0, 0.1) is 13.8 Å². The molecule has 0 bridgehead atoms. The van der Waals surface area contributed by atoms with E-state index < -0.39 is 0 Å². The average Bonchev–Trinajstić information content (AvgIpc) is 2.66. The van der Waals surface area contributed by atoms with Crippen molar-refractivity contribution in [1.29, 1.82) is 0 Å². The smallest absolute Gasteiger partial charge is 0.126 e. The summed E-state index contributed by atoms with van der Waals surface area (Å²) in [4.78, 5) is 4.69. The molecule has 1 atom stereocenters. The normalized spacial score (nSPS) is 13.2. The molecular weight excluding hydrogens is 210 g/mol. The summed E-state index contributed by atoms with van der Waals surface area (Å²) < 4.78 is 2.23. The summed E-state index contributed by atoms with van der Waals surface area (Å²) in [6, 6.07) is 4.40. The lowest BCUT2D eigenvalue weighted by Crippen LogP contribution is -2.15. The highest BCUT2D eigenvalue weighted by Gasteiger charge is 2.15. The van der Waals surface area contributed by atoms with E-state index in [2.05, 4.69) is 44.4 Å². The number of hydrogen-bond acceptors (Lipinski definition) is 2. The lowest BCUT2D eigenvalue weighted by atomic mass is 10.1. The third-order valence-corrected chi connectivity index (χ3v) is 3.48. The van der Waals surface area contributed by atoms with Crippen molar-refractivity contribution in [3.8, 4) is 0 Å². The summed E-state index contributed by atoms with van der Waals surface area (Å²) in [7, 11) is 0. The van der Waals surface area contributed by atoms with Gasteiger partial charge in [-0.2, -0.15) is 0 Å². The molecule has 1 aromatic carbocycles. The number of imidazole rings is 1. The van der Waals surface area contributed by atoms with E-state index in [9.17, 15) is 0 Å². The van der Waals surface area contributed by atoms with Crippen LogP contribution in [0.3, 0.4) is 0 Å². The molecule has 0 spiro atoms. The summed E-state index contributed by atoms with van der Waals surface area (Å²) in [5, 5.41) is 0. The van der Waals surface area contributed by atoms with Gasteiger partial charge in [0.05, 0.1) is 17.1 Å². The quantitative estimate of drug-likeness (QED) is 0.882. The van der Waals surface area contributed by atoms with Crippen LogP contribution in [0.1, 0.15) is 43.3 Å². The Morgan fingerprint density at radius 1 is 1.24 bits per heavy atom. The molecule has 17 heavy (non-hydrogen) atoms. The van der Waals surface area contributed by atoms with Crippen LogP contribution in [0.5, 0.6) is 0 Å². The molecule has 0 radical (unpaired) electrons. The van der Waals surface area contributed by atoms with Gasteiger partial charge in [-0.3, -0.25) is 0 Å². The monoisotopic (exact) mass is 231 g/mol. The molecule has 0 fully saturated rings. The molecule has 0 amide bonds. The lowest BCUT2D eigenvalue weighted by Gasteiger charge is -2.11. The van der Waals surface area contributed by atoms with Crippen molar-refractivity contribution in [2.24, 2.45) is 5.73 Å². The lowest BCUT2D eigenvalue weighted by molar-refractivity contribution is 0.597. The van der Waals surface area contributed by atoms with Gasteiger partial charge in [-0.25, -0.2) is 4.98 Å². The SMILES string of the molecule is CCC(N)c1nc2cc(C)c(C)cc2n1CC. The molecule has 0 saturated heterocycles. The summed E-state index contributed by atoms with van der Waals surface area (Å²) in [6.07, 6.45) is 0.918. The Hall–Kier alpha value is -1.35. The number of nitrogens with two attached hydrogens (primary N) is 1. The Labute approximate surface area is 103 Å². The van der Waals surface area contributed by atoms with Crippen LogP contribution >= 0.6 is 0 Å². The first kappa shape index (κ1) is 12.1. The van der Waals surface area contributed by atoms with Gasteiger partial charge >= 0.3 is 0 Å². The van der Waals surface area contributed by atoms with Gasteiger partial charge in [0.25, 0.3) is 0 Å². The number of nitrogens with zero attached hydrogens (tertiary/aromatic N) is 2. The molecule has 3 nitrogen and oxygen atoms in total. The molecule has 1 aromatic heterocycles. The molecule has 1 heterocycles. The van der Waals surface area contributed by atoms with E-state index in [-0.39, 0.29) is 6.04 Å². The molecule has 92 valence electrons. The Balaban J connectivity index is 2.71. The Morgan fingerprint density at radius 3 is 2.47 bits per heavy atom. The van der Waals surface area contributed by atoms with Crippen molar-refractivity contribution < 1.29 is 0 Å². The van der Waals surface area contributed by atoms with Gasteiger partial charge in [-0.1, -0.05) is 6.92 Å². The third kappa shape index (κ3) is 1.95. The number of hydrogen-bond donors (Lipinski definition) is 1. The Morgan fingerprint density at radius 2 is 1.88 bits per heavy atom. The molecule has 0 aliphatic carbocycles. The number of benzene rings is 1. The number of rotatable bonds is 3. The van der Waals surface area contributed by atoms with Crippen LogP contribution < -0.4 is 5.73 Å². The van der Waals surface area contributed by atoms with Crippen LogP contribution in [0.4, 0.5) is 0 Å². The topological polar surface area (TPSA) is 43.8 Å². The Bertz CT molecular complexity index is 540. The van der Waals surface area contributed by atoms with Crippen LogP contribution in [0.2, 0.25) is 0 Å². The van der Waals surface area contributed by atoms with E-state index in [0.29, 0.717) is 0 Å². The minimum absolute atomic E-state index is 0.0305. The molecule has 0 aliphatic heterocycles. The average molecular weight is 231 g/mol. The molecule has 2 N–H and O–H groups in total. The summed E-state index contributed by atoms with van der Waals surface area (Å²) in [6.45, 7) is 9.42. The summed E-state index contributed by atoms with van der Waals surface area (Å²) in [5.41, 5.74) is 11.0. The minimum atomic E-state index is 0.0305. The maximum absolute atomic E-state index is 6.13. The van der Waals surface area contributed by atoms with Crippen molar-refractivity contribution in [1.82, 2.24) is 9.55 Å². The molecule has 3 heteroatoms. The van der Waals surface area contributed by atoms with E-state index in [4.69, 9.17) is 10.7 Å². The van der Waals surface area contributed by atoms with Crippen LogP contribution in [-0.4, -0.2) is 9.55 Å². The highest BCUT2D eigenvalue weighted by molar-refractivity contribution is 5.78. The van der Waals surface area contributed by atoms with Crippen molar-refractivity contribution in [3.63, 3.8) is 0 Å². The number of fused-ring (bicyclic) bond motifs is 1. The fourth-order valence-corrected chi connectivity index (χ4v) is 2.20. The maximum Gasteiger partial charge on any atom is 0.126 e. The van der Waals surface area contributed by atoms with E-state index in [1.54, 1.807) is 0 Å². The van der Waals surface area contributed by atoms with Crippen LogP contribution in [0.25, 0.3) is 11.0 Å². The van der Waals surface area contributed by atoms with Gasteiger partial charge in [-0.05, 0) is 50.5 Å². The largest absolute Gasteiger partial charge is 0.327 e. The highest BCUT2D eigenvalue weighted by atomic mass is 15.1. The number of aromatic nitrogens is 2. The van der Waals surface area contributed by atoms with Gasteiger partial charge < -0.3 is 10.3 Å². The van der Waals surface area contributed by atoms with Gasteiger partial charge in [-0.15, -0.1) is 0 Å². The van der Waals surface area contributed by atoms with Crippen molar-refractivity contribution >= 4 is 11.0 Å². The first-order chi connectivity index (χ1) is 8.08. The molecular formula is C14H21N3. The van der Waals surface area contributed by atoms with Crippen molar-refractivity contribution in [2.45, 2.75) is 46.7 Å². The first-order valence-electron chi connectivity index (χ1n) is 6.31. The van der Waals surface area contributed by atoms with E-state index in [1.165, 1.54) is 16.6 Å². The summed E-state index contributed by atoms with van der Waals surface area (Å²) >= 11 is 0. The standard InChI is InChI=1S/C14H21N3/c1-5-11(15)14-16-12-7-9(3)10(4)8-13(12)17(14)6-2/h7-8,11H,5-6,15H2,1-4H3. The third-order valence-electron chi connectivity index (χ3n) is 3.48. The maximum atomic E-state index is 6.13. The second kappa shape index (κ2) is 4.49. The van der Waals surface area contributed by atoms with Gasteiger partial charge in [0.1, 0.15) is 5.82 Å². The van der Waals surface area contributed by atoms with Gasteiger partial charge in [0.15, 0.2) is 0 Å². The van der Waals surface area contributed by atoms with E-state index in [1.807, 2.05) is 0 Å². The minimum Gasteiger partial charge on any atom is -0.327 e. The van der Waals surface area contributed by atoms with E-state index >= 15 is 0 Å². The van der Waals surface area contributed by atoms with Crippen molar-refractivity contribution in [3.05, 3.63) is 29.1 Å². The first-order valence-corrected chi connectivity index (χ1v) is 6.31. The zero-order chi connectivity index (χ0) is 12.6. The van der Waals surface area contributed by atoms with E-state index in [0.717, 1.165) is 24.3 Å². The predicted molar refractivity (Wildman–Crippen MR) is 72.1 cm³/mol. The molecule has 0 aliphatic rings. The van der Waals surface area contributed by atoms with Gasteiger partial charge in [0, 0.05) is 6.54 Å². The molecule has 2 rings (SSSR count). The van der Waals surface area contributed by atoms with Crippen LogP contribution in [-0.2, 0) is 6.54 Å². The molecule has 1 unspecified atom stereocenters. The second-order valence-corrected chi connectivity index (χ2v) is 4.65. The zero-order valence-electron chi connectivity index (χ0n) is 11.1. The predicted octanol–water partition coefficient (Wildman–Crippen LogP) is 3.08. The fourth-order valence-electron chi connectivity index (χ4n) is 2.20. The van der Waals surface area contributed by atoms with Crippen molar-refractivity contribution in [2.75, 3.05) is 0 Å². The molecule has 2 aromatic rings. The number of aryl methyl sites for hydroxylation is 3. The fraction of sp³-hybridized carbons (Fsp3) is 0.500. The zero-order valence-corrected chi connectivity index (χ0v) is 11.1. The molecule has 0 saturated carbocycles. The second-order valence-electron chi connectivity index (χ2n) is 4.65. The highest BCUT2D eigenvalue weighted by Crippen LogP contribution is 2.24. The van der Waals surface area contributed by atoms with Gasteiger partial charge in [0.2, 0.25) is 0 Å². The van der Waals surface area contributed by atoms with Crippen LogP contribution in [0.15, 0.2) is 12.1 Å². The Kier molecular flexibility index (Phi) is 3.20. The summed E-state index contributed by atoms with van der Waals surface area (Å²) in [5.74, 6) is 1.01.